The highest BCUT2D eigenvalue weighted by molar-refractivity contribution is 5.65. The van der Waals surface area contributed by atoms with Gasteiger partial charge in [0, 0.05) is 0 Å². The van der Waals surface area contributed by atoms with Crippen LogP contribution in [-0.4, -0.2) is 66.9 Å². The SMILES string of the molecule is CCCC/C=C/CCOC[N+](CCO)(CCO)CC(=O)[O-]. The predicted molar refractivity (Wildman–Crippen MR) is 78.1 cm³/mol. The highest BCUT2D eigenvalue weighted by Crippen LogP contribution is 2.07. The van der Waals surface area contributed by atoms with Crippen molar-refractivity contribution in [3.8, 4) is 0 Å². The van der Waals surface area contributed by atoms with E-state index in [-0.39, 0.29) is 44.1 Å². The van der Waals surface area contributed by atoms with Crippen molar-refractivity contribution in [2.75, 3.05) is 46.2 Å². The highest BCUT2D eigenvalue weighted by Gasteiger charge is 2.26. The maximum atomic E-state index is 10.8. The molecule has 0 rings (SSSR count). The molecule has 0 fully saturated rings. The minimum Gasteiger partial charge on any atom is -0.544 e. The molecule has 0 aliphatic heterocycles. The fraction of sp³-hybridized carbons (Fsp3) is 0.800. The van der Waals surface area contributed by atoms with Crippen LogP contribution in [0.2, 0.25) is 0 Å². The molecular weight excluding hydrogens is 274 g/mol. The van der Waals surface area contributed by atoms with Crippen LogP contribution in [0.3, 0.4) is 0 Å². The second kappa shape index (κ2) is 12.8. The van der Waals surface area contributed by atoms with E-state index in [9.17, 15) is 9.90 Å². The topological polar surface area (TPSA) is 89.8 Å². The number of aliphatic hydroxyl groups is 2. The molecule has 124 valence electrons. The molecule has 0 aromatic rings. The van der Waals surface area contributed by atoms with E-state index >= 15 is 0 Å². The number of hydrogen-bond acceptors (Lipinski definition) is 5. The molecule has 6 heteroatoms. The van der Waals surface area contributed by atoms with Gasteiger partial charge in [-0.15, -0.1) is 0 Å². The summed E-state index contributed by atoms with van der Waals surface area (Å²) in [5.41, 5.74) is 0. The Labute approximate surface area is 127 Å². The zero-order valence-corrected chi connectivity index (χ0v) is 13.0. The van der Waals surface area contributed by atoms with Crippen molar-refractivity contribution in [2.24, 2.45) is 0 Å². The maximum absolute atomic E-state index is 10.8. The first kappa shape index (κ1) is 20.1. The molecule has 6 nitrogen and oxygen atoms in total. The third kappa shape index (κ3) is 10.4. The molecule has 0 aliphatic rings. The van der Waals surface area contributed by atoms with Crippen molar-refractivity contribution < 1.29 is 29.3 Å². The maximum Gasteiger partial charge on any atom is 0.183 e. The summed E-state index contributed by atoms with van der Waals surface area (Å²) in [5, 5.41) is 29.0. The lowest BCUT2D eigenvalue weighted by atomic mass is 10.2. The zero-order chi connectivity index (χ0) is 16.0. The number of nitrogens with zero attached hydrogens (tertiary/aromatic N) is 1. The highest BCUT2D eigenvalue weighted by atomic mass is 16.5. The quantitative estimate of drug-likeness (QED) is 0.198. The number of ether oxygens (including phenoxy) is 1. The van der Waals surface area contributed by atoms with E-state index in [1.54, 1.807) is 0 Å². The Morgan fingerprint density at radius 2 is 1.81 bits per heavy atom. The Kier molecular flexibility index (Phi) is 12.2. The van der Waals surface area contributed by atoms with E-state index in [1.165, 1.54) is 12.8 Å². The summed E-state index contributed by atoms with van der Waals surface area (Å²) < 4.78 is 5.50. The Hall–Kier alpha value is -0.950. The number of aliphatic carboxylic acids is 1. The zero-order valence-electron chi connectivity index (χ0n) is 13.0. The third-order valence-electron chi connectivity index (χ3n) is 3.30. The van der Waals surface area contributed by atoms with E-state index in [2.05, 4.69) is 19.1 Å². The molecule has 0 aliphatic carbocycles. The largest absolute Gasteiger partial charge is 0.544 e. The van der Waals surface area contributed by atoms with Gasteiger partial charge < -0.3 is 24.9 Å². The second-order valence-corrected chi connectivity index (χ2v) is 5.21. The smallest absolute Gasteiger partial charge is 0.183 e. The summed E-state index contributed by atoms with van der Waals surface area (Å²) in [6, 6.07) is 0. The number of carbonyl (C=O) groups is 1. The number of hydrogen-bond donors (Lipinski definition) is 2. The molecule has 0 unspecified atom stereocenters. The van der Waals surface area contributed by atoms with E-state index in [0.717, 1.165) is 12.8 Å². The minimum atomic E-state index is -1.21. The average molecular weight is 303 g/mol. The van der Waals surface area contributed by atoms with Gasteiger partial charge in [0.1, 0.15) is 19.6 Å². The molecule has 0 aromatic carbocycles. The van der Waals surface area contributed by atoms with Gasteiger partial charge in [-0.1, -0.05) is 31.9 Å². The van der Waals surface area contributed by atoms with E-state index < -0.39 is 5.97 Å². The number of allylic oxidation sites excluding steroid dienone is 1. The molecule has 0 atom stereocenters. The third-order valence-corrected chi connectivity index (χ3v) is 3.30. The number of carbonyl (C=O) groups excluding carboxylic acids is 1. The normalized spacial score (nSPS) is 12.1. The number of carboxylic acid groups (broad SMARTS) is 1. The molecule has 0 amide bonds. The van der Waals surface area contributed by atoms with E-state index in [0.29, 0.717) is 6.61 Å². The molecule has 0 radical (unpaired) electrons. The molecule has 0 heterocycles. The van der Waals surface area contributed by atoms with Crippen LogP contribution >= 0.6 is 0 Å². The standard InChI is InChI=1S/C15H29NO5/c1-2-3-4-5-6-7-12-21-14-16(8-10-17,9-11-18)13-15(19)20/h5-6,17-18H,2-4,7-14H2,1H3/b6-5+. The van der Waals surface area contributed by atoms with Gasteiger partial charge in [0.05, 0.1) is 25.8 Å². The van der Waals surface area contributed by atoms with Crippen molar-refractivity contribution in [3.63, 3.8) is 0 Å². The molecule has 0 aromatic heterocycles. The van der Waals surface area contributed by atoms with Crippen LogP contribution in [-0.2, 0) is 9.53 Å². The Bertz CT molecular complexity index is 288. The first-order valence-corrected chi connectivity index (χ1v) is 7.59. The number of rotatable bonds is 14. The van der Waals surface area contributed by atoms with Gasteiger partial charge in [0.15, 0.2) is 6.73 Å². The number of aliphatic hydroxyl groups excluding tert-OH is 2. The van der Waals surface area contributed by atoms with Crippen LogP contribution in [0.25, 0.3) is 0 Å². The van der Waals surface area contributed by atoms with Gasteiger partial charge in [0.25, 0.3) is 0 Å². The van der Waals surface area contributed by atoms with Crippen molar-refractivity contribution in [2.45, 2.75) is 32.6 Å². The van der Waals surface area contributed by atoms with Gasteiger partial charge in [-0.3, -0.25) is 4.48 Å². The van der Waals surface area contributed by atoms with Crippen LogP contribution in [0.15, 0.2) is 12.2 Å². The molecular formula is C15H29NO5. The Balaban J connectivity index is 4.15. The van der Waals surface area contributed by atoms with E-state index in [1.807, 2.05) is 0 Å². The lowest BCUT2D eigenvalue weighted by Crippen LogP contribution is -2.58. The number of quaternary nitrogens is 1. The lowest BCUT2D eigenvalue weighted by Gasteiger charge is -2.37. The minimum absolute atomic E-state index is 0.0190. The van der Waals surface area contributed by atoms with Gasteiger partial charge >= 0.3 is 0 Å². The average Bonchev–Trinajstić information content (AvgIpc) is 2.41. The van der Waals surface area contributed by atoms with Gasteiger partial charge in [-0.2, -0.15) is 0 Å². The van der Waals surface area contributed by atoms with Crippen molar-refractivity contribution >= 4 is 5.97 Å². The summed E-state index contributed by atoms with van der Waals surface area (Å²) in [6.45, 7) is 2.65. The van der Waals surface area contributed by atoms with Crippen LogP contribution < -0.4 is 5.11 Å². The van der Waals surface area contributed by atoms with Gasteiger partial charge in [-0.05, 0) is 12.8 Å². The van der Waals surface area contributed by atoms with Crippen LogP contribution in [0, 0.1) is 0 Å². The van der Waals surface area contributed by atoms with Crippen LogP contribution in [0.5, 0.6) is 0 Å². The summed E-state index contributed by atoms with van der Waals surface area (Å²) in [4.78, 5) is 10.8. The molecule has 2 N–H and O–H groups in total. The molecule has 0 spiro atoms. The summed E-state index contributed by atoms with van der Waals surface area (Å²) in [7, 11) is 0. The van der Waals surface area contributed by atoms with Crippen molar-refractivity contribution in [1.29, 1.82) is 0 Å². The Morgan fingerprint density at radius 1 is 1.19 bits per heavy atom. The molecule has 0 saturated carbocycles. The molecule has 0 saturated heterocycles. The number of carboxylic acids is 1. The van der Waals surface area contributed by atoms with Gasteiger partial charge in [0.2, 0.25) is 0 Å². The van der Waals surface area contributed by atoms with Crippen LogP contribution in [0.4, 0.5) is 0 Å². The number of unbranched alkanes of at least 4 members (excludes halogenated alkanes) is 2. The summed E-state index contributed by atoms with van der Waals surface area (Å²) >= 11 is 0. The Morgan fingerprint density at radius 3 is 2.33 bits per heavy atom. The molecule has 0 bridgehead atoms. The first-order valence-electron chi connectivity index (χ1n) is 7.59. The fourth-order valence-corrected chi connectivity index (χ4v) is 2.11. The summed E-state index contributed by atoms with van der Waals surface area (Å²) in [6.07, 6.45) is 8.37. The molecule has 21 heavy (non-hydrogen) atoms. The van der Waals surface area contributed by atoms with E-state index in [4.69, 9.17) is 14.9 Å². The lowest BCUT2D eigenvalue weighted by molar-refractivity contribution is -0.941. The second-order valence-electron chi connectivity index (χ2n) is 5.21. The van der Waals surface area contributed by atoms with Crippen molar-refractivity contribution in [1.82, 2.24) is 0 Å². The van der Waals surface area contributed by atoms with Crippen molar-refractivity contribution in [3.05, 3.63) is 12.2 Å². The predicted octanol–water partition coefficient (Wildman–Crippen LogP) is -0.352. The fourth-order valence-electron chi connectivity index (χ4n) is 2.11. The monoisotopic (exact) mass is 303 g/mol. The first-order chi connectivity index (χ1) is 10.1. The summed E-state index contributed by atoms with van der Waals surface area (Å²) in [5.74, 6) is -1.21. The van der Waals surface area contributed by atoms with Crippen LogP contribution in [0.1, 0.15) is 32.6 Å². The van der Waals surface area contributed by atoms with Gasteiger partial charge in [-0.25, -0.2) is 0 Å².